The van der Waals surface area contributed by atoms with Crippen LogP contribution in [0.5, 0.6) is 0 Å². The smallest absolute Gasteiger partial charge is 0.307 e. The molecular weight excluding hydrogens is 257 g/mol. The number of carboxylic acids is 1. The first-order valence-corrected chi connectivity index (χ1v) is 6.68. The lowest BCUT2D eigenvalue weighted by Crippen LogP contribution is -2.18. The Kier molecular flexibility index (Phi) is 4.98. The standard InChI is InChI=1S/C12H12FNO3S/c1-8(12(15)16)6-18(17)7-10-2-9(5-14)3-11(13)4-10/h2-4,8H,6-7H2,1H3,(H,15,16). The van der Waals surface area contributed by atoms with Gasteiger partial charge < -0.3 is 5.11 Å². The highest BCUT2D eigenvalue weighted by atomic mass is 32.2. The zero-order valence-corrected chi connectivity index (χ0v) is 10.5. The lowest BCUT2D eigenvalue weighted by atomic mass is 10.1. The molecule has 0 aliphatic rings. The number of hydrogen-bond acceptors (Lipinski definition) is 3. The maximum Gasteiger partial charge on any atom is 0.307 e. The maximum atomic E-state index is 13.1. The predicted molar refractivity (Wildman–Crippen MR) is 64.6 cm³/mol. The van der Waals surface area contributed by atoms with E-state index < -0.39 is 28.5 Å². The quantitative estimate of drug-likeness (QED) is 0.881. The topological polar surface area (TPSA) is 78.2 Å². The van der Waals surface area contributed by atoms with Crippen molar-refractivity contribution in [2.75, 3.05) is 5.75 Å². The molecule has 2 atom stereocenters. The molecule has 0 bridgehead atoms. The van der Waals surface area contributed by atoms with Crippen LogP contribution >= 0.6 is 0 Å². The molecule has 0 radical (unpaired) electrons. The second-order valence-electron chi connectivity index (χ2n) is 3.95. The van der Waals surface area contributed by atoms with E-state index in [-0.39, 0.29) is 17.1 Å². The Morgan fingerprint density at radius 3 is 2.78 bits per heavy atom. The minimum absolute atomic E-state index is 0.00767. The molecule has 1 aromatic carbocycles. The van der Waals surface area contributed by atoms with E-state index in [1.165, 1.54) is 19.1 Å². The molecular formula is C12H12FNO3S. The molecule has 0 amide bonds. The van der Waals surface area contributed by atoms with Crippen LogP contribution in [0.15, 0.2) is 18.2 Å². The van der Waals surface area contributed by atoms with Crippen molar-refractivity contribution >= 4 is 16.8 Å². The van der Waals surface area contributed by atoms with E-state index in [1.807, 2.05) is 6.07 Å². The van der Waals surface area contributed by atoms with E-state index in [9.17, 15) is 13.4 Å². The van der Waals surface area contributed by atoms with Gasteiger partial charge in [0.05, 0.1) is 17.6 Å². The first-order chi connectivity index (χ1) is 8.42. The number of rotatable bonds is 5. The summed E-state index contributed by atoms with van der Waals surface area (Å²) in [7, 11) is -1.40. The van der Waals surface area contributed by atoms with Crippen LogP contribution < -0.4 is 0 Å². The molecule has 0 saturated carbocycles. The number of carbonyl (C=O) groups is 1. The van der Waals surface area contributed by atoms with Crippen molar-refractivity contribution in [3.05, 3.63) is 35.1 Å². The molecule has 96 valence electrons. The summed E-state index contributed by atoms with van der Waals surface area (Å²) in [6.45, 7) is 1.46. The van der Waals surface area contributed by atoms with Gasteiger partial charge in [0.2, 0.25) is 0 Å². The van der Waals surface area contributed by atoms with Gasteiger partial charge in [-0.3, -0.25) is 9.00 Å². The summed E-state index contributed by atoms with van der Waals surface area (Å²) in [5.74, 6) is -2.24. The van der Waals surface area contributed by atoms with Gasteiger partial charge >= 0.3 is 5.97 Å². The Balaban J connectivity index is 2.73. The molecule has 1 N–H and O–H groups in total. The number of benzene rings is 1. The Morgan fingerprint density at radius 1 is 1.56 bits per heavy atom. The SMILES string of the molecule is CC(CS(=O)Cc1cc(F)cc(C#N)c1)C(=O)O. The van der Waals surface area contributed by atoms with Gasteiger partial charge in [-0.15, -0.1) is 0 Å². The third-order valence-electron chi connectivity index (χ3n) is 2.27. The van der Waals surface area contributed by atoms with Gasteiger partial charge in [-0.1, -0.05) is 6.92 Å². The van der Waals surface area contributed by atoms with Crippen molar-refractivity contribution in [3.8, 4) is 6.07 Å². The molecule has 0 heterocycles. The molecule has 0 saturated heterocycles. The maximum absolute atomic E-state index is 13.1. The van der Waals surface area contributed by atoms with E-state index in [0.29, 0.717) is 5.56 Å². The Bertz CT molecular complexity index is 525. The normalized spacial score (nSPS) is 13.6. The molecule has 2 unspecified atom stereocenters. The fourth-order valence-electron chi connectivity index (χ4n) is 1.39. The van der Waals surface area contributed by atoms with Gasteiger partial charge in [0, 0.05) is 22.3 Å². The van der Waals surface area contributed by atoms with Crippen LogP contribution in [-0.4, -0.2) is 21.0 Å². The first-order valence-electron chi connectivity index (χ1n) is 5.19. The fraction of sp³-hybridized carbons (Fsp3) is 0.333. The summed E-state index contributed by atoms with van der Waals surface area (Å²) in [5.41, 5.74) is 0.593. The molecule has 1 rings (SSSR count). The lowest BCUT2D eigenvalue weighted by molar-refractivity contribution is -0.140. The van der Waals surface area contributed by atoms with Gasteiger partial charge in [0.15, 0.2) is 0 Å². The molecule has 18 heavy (non-hydrogen) atoms. The number of carboxylic acid groups (broad SMARTS) is 1. The Morgan fingerprint density at radius 2 is 2.22 bits per heavy atom. The highest BCUT2D eigenvalue weighted by molar-refractivity contribution is 7.84. The Hall–Kier alpha value is -1.74. The zero-order chi connectivity index (χ0) is 13.7. The van der Waals surface area contributed by atoms with Crippen LogP contribution in [-0.2, 0) is 21.3 Å². The molecule has 0 fully saturated rings. The number of nitriles is 1. The summed E-state index contributed by atoms with van der Waals surface area (Å²) in [5, 5.41) is 17.4. The number of aliphatic carboxylic acids is 1. The van der Waals surface area contributed by atoms with E-state index in [0.717, 1.165) is 6.07 Å². The highest BCUT2D eigenvalue weighted by Crippen LogP contribution is 2.12. The van der Waals surface area contributed by atoms with Crippen LogP contribution in [0.1, 0.15) is 18.1 Å². The minimum atomic E-state index is -1.40. The molecule has 6 heteroatoms. The van der Waals surface area contributed by atoms with E-state index in [1.54, 1.807) is 0 Å². The monoisotopic (exact) mass is 269 g/mol. The van der Waals surface area contributed by atoms with Crippen LogP contribution in [0.25, 0.3) is 0 Å². The van der Waals surface area contributed by atoms with Crippen molar-refractivity contribution in [1.29, 1.82) is 5.26 Å². The summed E-state index contributed by atoms with van der Waals surface area (Å²) in [6, 6.07) is 5.55. The average molecular weight is 269 g/mol. The van der Waals surface area contributed by atoms with Gasteiger partial charge in [0.1, 0.15) is 5.82 Å². The number of halogens is 1. The van der Waals surface area contributed by atoms with E-state index in [4.69, 9.17) is 10.4 Å². The molecule has 1 aromatic rings. The molecule has 4 nitrogen and oxygen atoms in total. The number of hydrogen-bond donors (Lipinski definition) is 1. The van der Waals surface area contributed by atoms with Crippen LogP contribution in [0.4, 0.5) is 4.39 Å². The van der Waals surface area contributed by atoms with Crippen LogP contribution in [0.3, 0.4) is 0 Å². The van der Waals surface area contributed by atoms with Crippen molar-refractivity contribution in [1.82, 2.24) is 0 Å². The van der Waals surface area contributed by atoms with E-state index >= 15 is 0 Å². The summed E-state index contributed by atoms with van der Waals surface area (Å²) in [4.78, 5) is 10.6. The molecule has 0 spiro atoms. The fourth-order valence-corrected chi connectivity index (χ4v) is 2.75. The third kappa shape index (κ3) is 4.26. The average Bonchev–Trinajstić information content (AvgIpc) is 2.27. The zero-order valence-electron chi connectivity index (χ0n) is 9.72. The minimum Gasteiger partial charge on any atom is -0.481 e. The second kappa shape index (κ2) is 6.26. The van der Waals surface area contributed by atoms with Gasteiger partial charge in [-0.25, -0.2) is 4.39 Å². The Labute approximate surface area is 107 Å². The summed E-state index contributed by atoms with van der Waals surface area (Å²) < 4.78 is 24.8. The van der Waals surface area contributed by atoms with Crippen molar-refractivity contribution in [2.24, 2.45) is 5.92 Å². The molecule has 0 aliphatic carbocycles. The lowest BCUT2D eigenvalue weighted by Gasteiger charge is -2.06. The van der Waals surface area contributed by atoms with Gasteiger partial charge in [-0.2, -0.15) is 5.26 Å². The summed E-state index contributed by atoms with van der Waals surface area (Å²) >= 11 is 0. The van der Waals surface area contributed by atoms with Crippen molar-refractivity contribution < 1.29 is 18.5 Å². The first kappa shape index (κ1) is 14.3. The predicted octanol–water partition coefficient (Wildman–Crippen LogP) is 1.67. The molecule has 0 aromatic heterocycles. The van der Waals surface area contributed by atoms with Gasteiger partial charge in [0.25, 0.3) is 0 Å². The van der Waals surface area contributed by atoms with Crippen molar-refractivity contribution in [2.45, 2.75) is 12.7 Å². The number of nitrogens with zero attached hydrogens (tertiary/aromatic N) is 1. The van der Waals surface area contributed by atoms with Crippen LogP contribution in [0, 0.1) is 23.1 Å². The van der Waals surface area contributed by atoms with Crippen molar-refractivity contribution in [3.63, 3.8) is 0 Å². The molecule has 0 aliphatic heterocycles. The van der Waals surface area contributed by atoms with Gasteiger partial charge in [-0.05, 0) is 23.8 Å². The van der Waals surface area contributed by atoms with Crippen LogP contribution in [0.2, 0.25) is 0 Å². The second-order valence-corrected chi connectivity index (χ2v) is 5.45. The largest absolute Gasteiger partial charge is 0.481 e. The third-order valence-corrected chi connectivity index (χ3v) is 3.80. The summed E-state index contributed by atoms with van der Waals surface area (Å²) in [6.07, 6.45) is 0. The van der Waals surface area contributed by atoms with E-state index in [2.05, 4.69) is 0 Å². The highest BCUT2D eigenvalue weighted by Gasteiger charge is 2.15.